The first-order valence-electron chi connectivity index (χ1n) is 7.00. The lowest BCUT2D eigenvalue weighted by molar-refractivity contribution is 0.323. The molecule has 0 aromatic heterocycles. The van der Waals surface area contributed by atoms with Crippen molar-refractivity contribution in [1.29, 1.82) is 0 Å². The fraction of sp³-hybridized carbons (Fsp3) is 0.294. The summed E-state index contributed by atoms with van der Waals surface area (Å²) >= 11 is 0. The van der Waals surface area contributed by atoms with Gasteiger partial charge in [-0.1, -0.05) is 48.5 Å². The van der Waals surface area contributed by atoms with E-state index in [1.54, 1.807) is 6.07 Å². The van der Waals surface area contributed by atoms with Crippen molar-refractivity contribution in [3.8, 4) is 0 Å². The van der Waals surface area contributed by atoms with Gasteiger partial charge in [-0.2, -0.15) is 0 Å². The van der Waals surface area contributed by atoms with Crippen LogP contribution in [0.15, 0.2) is 54.6 Å². The molecule has 1 fully saturated rings. The van der Waals surface area contributed by atoms with Crippen LogP contribution in [0.25, 0.3) is 0 Å². The molecule has 3 rings (SSSR count). The van der Waals surface area contributed by atoms with Crippen molar-refractivity contribution < 1.29 is 4.39 Å². The third-order valence-electron chi connectivity index (χ3n) is 3.99. The second kappa shape index (κ2) is 5.73. The molecule has 0 saturated carbocycles. The molecule has 0 bridgehead atoms. The Labute approximate surface area is 119 Å². The second-order valence-electron chi connectivity index (χ2n) is 5.47. The van der Waals surface area contributed by atoms with Crippen LogP contribution in [0.4, 0.5) is 4.39 Å². The zero-order chi connectivity index (χ0) is 13.9. The molecular weight excluding hydrogens is 251 g/mol. The van der Waals surface area contributed by atoms with E-state index in [2.05, 4.69) is 17.0 Å². The van der Waals surface area contributed by atoms with Crippen molar-refractivity contribution in [2.45, 2.75) is 18.5 Å². The van der Waals surface area contributed by atoms with E-state index in [9.17, 15) is 4.39 Å². The van der Waals surface area contributed by atoms with Gasteiger partial charge in [0.2, 0.25) is 0 Å². The second-order valence-corrected chi connectivity index (χ2v) is 5.47. The number of hydrogen-bond donors (Lipinski definition) is 1. The van der Waals surface area contributed by atoms with E-state index in [1.165, 1.54) is 11.6 Å². The molecule has 0 radical (unpaired) electrons. The van der Waals surface area contributed by atoms with Gasteiger partial charge in [-0.05, 0) is 17.2 Å². The Morgan fingerprint density at radius 2 is 1.70 bits per heavy atom. The van der Waals surface area contributed by atoms with Gasteiger partial charge in [-0.15, -0.1) is 0 Å². The van der Waals surface area contributed by atoms with E-state index < -0.39 is 0 Å². The Morgan fingerprint density at radius 3 is 2.45 bits per heavy atom. The van der Waals surface area contributed by atoms with Gasteiger partial charge >= 0.3 is 0 Å². The normalized spacial score (nSPS) is 23.1. The molecule has 1 aliphatic rings. The largest absolute Gasteiger partial charge is 0.326 e. The van der Waals surface area contributed by atoms with Gasteiger partial charge in [-0.3, -0.25) is 4.90 Å². The summed E-state index contributed by atoms with van der Waals surface area (Å²) in [5.41, 5.74) is 8.23. The highest BCUT2D eigenvalue weighted by molar-refractivity contribution is 5.26. The van der Waals surface area contributed by atoms with E-state index in [0.717, 1.165) is 25.2 Å². The van der Waals surface area contributed by atoms with Gasteiger partial charge in [-0.25, -0.2) is 4.39 Å². The molecule has 2 aromatic carbocycles. The highest BCUT2D eigenvalue weighted by atomic mass is 19.1. The average Bonchev–Trinajstić information content (AvgIpc) is 2.81. The fourth-order valence-electron chi connectivity index (χ4n) is 2.99. The monoisotopic (exact) mass is 270 g/mol. The van der Waals surface area contributed by atoms with Crippen molar-refractivity contribution in [1.82, 2.24) is 4.90 Å². The molecular formula is C17H19FN2. The predicted molar refractivity (Wildman–Crippen MR) is 78.8 cm³/mol. The maximum absolute atomic E-state index is 13.9. The summed E-state index contributed by atoms with van der Waals surface area (Å²) in [6.45, 7) is 2.50. The zero-order valence-corrected chi connectivity index (χ0v) is 11.4. The van der Waals surface area contributed by atoms with Crippen LogP contribution in [0.2, 0.25) is 0 Å². The van der Waals surface area contributed by atoms with Crippen molar-refractivity contribution in [3.63, 3.8) is 0 Å². The van der Waals surface area contributed by atoms with Crippen LogP contribution in [0.3, 0.4) is 0 Å². The van der Waals surface area contributed by atoms with E-state index in [1.807, 2.05) is 30.3 Å². The summed E-state index contributed by atoms with van der Waals surface area (Å²) in [5, 5.41) is 0. The van der Waals surface area contributed by atoms with Crippen LogP contribution < -0.4 is 5.73 Å². The minimum absolute atomic E-state index is 0.00406. The SMILES string of the molecule is N[C@H]1CN(Cc2ccccc2)C[C@H]1c1ccccc1F. The van der Waals surface area contributed by atoms with Crippen molar-refractivity contribution in [2.24, 2.45) is 5.73 Å². The maximum atomic E-state index is 13.9. The minimum atomic E-state index is -0.144. The van der Waals surface area contributed by atoms with Crippen LogP contribution in [-0.2, 0) is 6.54 Å². The van der Waals surface area contributed by atoms with Crippen LogP contribution >= 0.6 is 0 Å². The molecule has 2 atom stereocenters. The molecule has 0 amide bonds. The lowest BCUT2D eigenvalue weighted by Gasteiger charge is -2.16. The fourth-order valence-corrected chi connectivity index (χ4v) is 2.99. The maximum Gasteiger partial charge on any atom is 0.126 e. The standard InChI is InChI=1S/C17H19FN2/c18-16-9-5-4-8-14(16)15-11-20(12-17(15)19)10-13-6-2-1-3-7-13/h1-9,15,17H,10-12,19H2/t15-,17-/m0/s1. The molecule has 0 spiro atoms. The number of benzene rings is 2. The summed E-state index contributed by atoms with van der Waals surface area (Å²) in [7, 11) is 0. The first-order valence-corrected chi connectivity index (χ1v) is 7.00. The van der Waals surface area contributed by atoms with E-state index in [0.29, 0.717) is 0 Å². The van der Waals surface area contributed by atoms with E-state index in [4.69, 9.17) is 5.73 Å². The Morgan fingerprint density at radius 1 is 1.00 bits per heavy atom. The summed E-state index contributed by atoms with van der Waals surface area (Å²) in [5.74, 6) is -0.0607. The van der Waals surface area contributed by atoms with Gasteiger partial charge in [0.25, 0.3) is 0 Å². The molecule has 2 N–H and O–H groups in total. The van der Waals surface area contributed by atoms with Crippen LogP contribution in [-0.4, -0.2) is 24.0 Å². The van der Waals surface area contributed by atoms with Gasteiger partial charge in [0.1, 0.15) is 5.82 Å². The number of nitrogens with two attached hydrogens (primary N) is 1. The van der Waals surface area contributed by atoms with Crippen molar-refractivity contribution in [3.05, 3.63) is 71.5 Å². The molecule has 1 saturated heterocycles. The van der Waals surface area contributed by atoms with Gasteiger partial charge in [0.15, 0.2) is 0 Å². The highest BCUT2D eigenvalue weighted by Crippen LogP contribution is 2.29. The smallest absolute Gasteiger partial charge is 0.126 e. The summed E-state index contributed by atoms with van der Waals surface area (Å²) in [4.78, 5) is 2.30. The molecule has 0 unspecified atom stereocenters. The molecule has 3 heteroatoms. The Balaban J connectivity index is 1.73. The third kappa shape index (κ3) is 2.74. The number of nitrogens with zero attached hydrogens (tertiary/aromatic N) is 1. The number of likely N-dealkylation sites (tertiary alicyclic amines) is 1. The summed E-state index contributed by atoms with van der Waals surface area (Å²) in [6.07, 6.45) is 0. The quantitative estimate of drug-likeness (QED) is 0.929. The minimum Gasteiger partial charge on any atom is -0.326 e. The van der Waals surface area contributed by atoms with E-state index >= 15 is 0 Å². The van der Waals surface area contributed by atoms with Gasteiger partial charge < -0.3 is 5.73 Å². The van der Waals surface area contributed by atoms with Crippen molar-refractivity contribution >= 4 is 0 Å². The van der Waals surface area contributed by atoms with Crippen molar-refractivity contribution in [2.75, 3.05) is 13.1 Å². The average molecular weight is 270 g/mol. The molecule has 2 nitrogen and oxygen atoms in total. The number of halogens is 1. The summed E-state index contributed by atoms with van der Waals surface area (Å²) < 4.78 is 13.9. The molecule has 0 aliphatic carbocycles. The molecule has 20 heavy (non-hydrogen) atoms. The molecule has 2 aromatic rings. The van der Waals surface area contributed by atoms with E-state index in [-0.39, 0.29) is 17.8 Å². The van der Waals surface area contributed by atoms with Crippen LogP contribution in [0, 0.1) is 5.82 Å². The summed E-state index contributed by atoms with van der Waals surface area (Å²) in [6, 6.07) is 17.3. The number of hydrogen-bond acceptors (Lipinski definition) is 2. The number of rotatable bonds is 3. The highest BCUT2D eigenvalue weighted by Gasteiger charge is 2.32. The third-order valence-corrected chi connectivity index (χ3v) is 3.99. The first-order chi connectivity index (χ1) is 9.74. The Hall–Kier alpha value is -1.71. The molecule has 104 valence electrons. The van der Waals surface area contributed by atoms with Gasteiger partial charge in [0.05, 0.1) is 0 Å². The van der Waals surface area contributed by atoms with Crippen LogP contribution in [0.1, 0.15) is 17.0 Å². The zero-order valence-electron chi connectivity index (χ0n) is 11.4. The Bertz CT molecular complexity index is 570. The predicted octanol–water partition coefficient (Wildman–Crippen LogP) is 2.75. The lowest BCUT2D eigenvalue weighted by atomic mass is 9.94. The van der Waals surface area contributed by atoms with Crippen LogP contribution in [0.5, 0.6) is 0 Å². The Kier molecular flexibility index (Phi) is 3.81. The molecule has 1 aliphatic heterocycles. The topological polar surface area (TPSA) is 29.3 Å². The lowest BCUT2D eigenvalue weighted by Crippen LogP contribution is -2.29. The van der Waals surface area contributed by atoms with Gasteiger partial charge in [0, 0.05) is 31.6 Å². The molecule has 1 heterocycles. The first kappa shape index (κ1) is 13.3.